The van der Waals surface area contributed by atoms with Gasteiger partial charge in [-0.2, -0.15) is 4.98 Å². The first-order valence-electron chi connectivity index (χ1n) is 12.4. The lowest BCUT2D eigenvalue weighted by Gasteiger charge is -2.34. The number of carboxylic acids is 1. The number of hydrogen-bond acceptors (Lipinski definition) is 7. The maximum Gasteiger partial charge on any atom is 0.337 e. The van der Waals surface area contributed by atoms with Gasteiger partial charge < -0.3 is 24.4 Å². The van der Waals surface area contributed by atoms with Crippen LogP contribution in [0.15, 0.2) is 30.6 Å². The molecule has 0 spiro atoms. The van der Waals surface area contributed by atoms with Gasteiger partial charge in [0.25, 0.3) is 0 Å². The first kappa shape index (κ1) is 24.9. The number of carbonyl (C=O) groups is 2. The molecule has 2 fully saturated rings. The number of rotatable bonds is 7. The highest BCUT2D eigenvalue weighted by Gasteiger charge is 2.32. The van der Waals surface area contributed by atoms with Crippen LogP contribution in [0, 0.1) is 11.8 Å². The van der Waals surface area contributed by atoms with E-state index in [1.807, 2.05) is 13.8 Å². The fourth-order valence-electron chi connectivity index (χ4n) is 4.77. The van der Waals surface area contributed by atoms with Gasteiger partial charge in [-0.1, -0.05) is 6.92 Å². The van der Waals surface area contributed by atoms with Crippen LogP contribution in [0.4, 0.5) is 11.5 Å². The molecule has 35 heavy (non-hydrogen) atoms. The molecule has 1 aromatic heterocycles. The highest BCUT2D eigenvalue weighted by atomic mass is 16.5. The zero-order chi connectivity index (χ0) is 24.9. The lowest BCUT2D eigenvalue weighted by atomic mass is 9.82. The van der Waals surface area contributed by atoms with Gasteiger partial charge in [-0.05, 0) is 63.6 Å². The molecule has 188 valence electrons. The molecule has 1 N–H and O–H groups in total. The van der Waals surface area contributed by atoms with Crippen LogP contribution >= 0.6 is 0 Å². The van der Waals surface area contributed by atoms with Gasteiger partial charge in [-0.3, -0.25) is 9.78 Å². The first-order valence-corrected chi connectivity index (χ1v) is 12.4. The Kier molecular flexibility index (Phi) is 7.85. The van der Waals surface area contributed by atoms with Crippen LogP contribution in [0.25, 0.3) is 0 Å². The molecular weight excluding hydrogens is 448 g/mol. The number of hydrogen-bond donors (Lipinski definition) is 1. The summed E-state index contributed by atoms with van der Waals surface area (Å²) in [5, 5.41) is 9.99. The van der Waals surface area contributed by atoms with E-state index in [2.05, 4.69) is 21.8 Å². The van der Waals surface area contributed by atoms with E-state index in [4.69, 9.17) is 9.47 Å². The maximum atomic E-state index is 13.5. The molecule has 2 heterocycles. The lowest BCUT2D eigenvalue weighted by Crippen LogP contribution is -2.42. The molecule has 1 saturated heterocycles. The zero-order valence-electron chi connectivity index (χ0n) is 20.6. The van der Waals surface area contributed by atoms with E-state index < -0.39 is 5.97 Å². The van der Waals surface area contributed by atoms with Crippen molar-refractivity contribution in [2.75, 3.05) is 36.1 Å². The van der Waals surface area contributed by atoms with E-state index in [9.17, 15) is 14.7 Å². The van der Waals surface area contributed by atoms with Crippen LogP contribution in [-0.2, 0) is 9.53 Å². The zero-order valence-corrected chi connectivity index (χ0v) is 20.6. The average Bonchev–Trinajstić information content (AvgIpc) is 2.85. The molecular formula is C26H34N4O5. The summed E-state index contributed by atoms with van der Waals surface area (Å²) in [6.07, 6.45) is 6.88. The minimum Gasteiger partial charge on any atom is -0.478 e. The minimum atomic E-state index is -1.12. The monoisotopic (exact) mass is 482 g/mol. The molecule has 1 aliphatic heterocycles. The Morgan fingerprint density at radius 2 is 1.86 bits per heavy atom. The molecule has 9 nitrogen and oxygen atoms in total. The van der Waals surface area contributed by atoms with Gasteiger partial charge in [0.05, 0.1) is 36.9 Å². The van der Waals surface area contributed by atoms with Crippen molar-refractivity contribution in [1.82, 2.24) is 9.97 Å². The molecule has 2 aromatic rings. The molecule has 4 rings (SSSR count). The molecule has 1 aromatic carbocycles. The standard InChI is InChI=1S/C26H34N4O5/c1-17(2)30(25(31)19-6-4-18(3)5-7-19)22-9-8-20(14-21(22)26(32)33)35-24-16-27-15-23(28-24)29-10-12-34-13-11-29/h8-9,14-19H,4-7,10-13H2,1-3H3,(H,32,33)/t18-,19-. The fraction of sp³-hybridized carbons (Fsp3) is 0.538. The summed E-state index contributed by atoms with van der Waals surface area (Å²) < 4.78 is 11.3. The number of nitrogens with zero attached hydrogens (tertiary/aromatic N) is 4. The molecule has 1 aliphatic carbocycles. The Labute approximate surface area is 206 Å². The highest BCUT2D eigenvalue weighted by Crippen LogP contribution is 2.34. The number of morpholine rings is 1. The first-order chi connectivity index (χ1) is 16.8. The summed E-state index contributed by atoms with van der Waals surface area (Å²) in [6, 6.07) is 4.60. The van der Waals surface area contributed by atoms with Crippen molar-refractivity contribution in [3.8, 4) is 11.6 Å². The summed E-state index contributed by atoms with van der Waals surface area (Å²) in [5.74, 6) is 0.695. The molecule has 1 saturated carbocycles. The van der Waals surface area contributed by atoms with Gasteiger partial charge >= 0.3 is 5.97 Å². The van der Waals surface area contributed by atoms with E-state index in [0.717, 1.165) is 38.8 Å². The van der Waals surface area contributed by atoms with Crippen molar-refractivity contribution in [1.29, 1.82) is 0 Å². The number of carboxylic acid groups (broad SMARTS) is 1. The van der Waals surface area contributed by atoms with Gasteiger partial charge in [-0.15, -0.1) is 0 Å². The number of aromatic nitrogens is 2. The summed E-state index contributed by atoms with van der Waals surface area (Å²) >= 11 is 0. The third kappa shape index (κ3) is 5.90. The van der Waals surface area contributed by atoms with Gasteiger partial charge in [0.15, 0.2) is 5.82 Å². The Hall–Kier alpha value is -3.20. The molecule has 2 aliphatic rings. The predicted molar refractivity (Wildman–Crippen MR) is 132 cm³/mol. The van der Waals surface area contributed by atoms with Crippen LogP contribution in [0.1, 0.15) is 56.8 Å². The van der Waals surface area contributed by atoms with Crippen molar-refractivity contribution < 1.29 is 24.2 Å². The average molecular weight is 483 g/mol. The number of benzene rings is 1. The van der Waals surface area contributed by atoms with E-state index >= 15 is 0 Å². The number of amides is 1. The Balaban J connectivity index is 1.57. The molecule has 0 bridgehead atoms. The van der Waals surface area contributed by atoms with E-state index in [0.29, 0.717) is 36.4 Å². The Morgan fingerprint density at radius 1 is 1.14 bits per heavy atom. The van der Waals surface area contributed by atoms with E-state index in [-0.39, 0.29) is 29.3 Å². The largest absolute Gasteiger partial charge is 0.478 e. The third-order valence-corrected chi connectivity index (χ3v) is 6.73. The Morgan fingerprint density at radius 3 is 2.51 bits per heavy atom. The second kappa shape index (κ2) is 11.0. The predicted octanol–water partition coefficient (Wildman–Crippen LogP) is 4.37. The second-order valence-electron chi connectivity index (χ2n) is 9.66. The lowest BCUT2D eigenvalue weighted by molar-refractivity contribution is -0.123. The van der Waals surface area contributed by atoms with Crippen molar-refractivity contribution in [3.05, 3.63) is 36.2 Å². The fourth-order valence-corrected chi connectivity index (χ4v) is 4.77. The van der Waals surface area contributed by atoms with Gasteiger partial charge in [0.1, 0.15) is 5.75 Å². The Bertz CT molecular complexity index is 1050. The normalized spacial score (nSPS) is 20.5. The van der Waals surface area contributed by atoms with E-state index in [1.165, 1.54) is 12.3 Å². The van der Waals surface area contributed by atoms with Gasteiger partial charge in [0, 0.05) is 25.0 Å². The van der Waals surface area contributed by atoms with Crippen LogP contribution in [-0.4, -0.2) is 59.3 Å². The van der Waals surface area contributed by atoms with Crippen LogP contribution < -0.4 is 14.5 Å². The van der Waals surface area contributed by atoms with Crippen molar-refractivity contribution in [2.24, 2.45) is 11.8 Å². The third-order valence-electron chi connectivity index (χ3n) is 6.73. The molecule has 0 unspecified atom stereocenters. The topological polar surface area (TPSA) is 105 Å². The number of carbonyl (C=O) groups excluding carboxylic acids is 1. The summed E-state index contributed by atoms with van der Waals surface area (Å²) in [6.45, 7) is 8.72. The summed E-state index contributed by atoms with van der Waals surface area (Å²) in [7, 11) is 0. The van der Waals surface area contributed by atoms with Crippen LogP contribution in [0.3, 0.4) is 0 Å². The second-order valence-corrected chi connectivity index (χ2v) is 9.66. The molecule has 9 heteroatoms. The summed E-state index contributed by atoms with van der Waals surface area (Å²) in [4.78, 5) is 38.1. The van der Waals surface area contributed by atoms with Crippen molar-refractivity contribution >= 4 is 23.4 Å². The SMILES string of the molecule is CC(C)N(c1ccc(Oc2cncc(N3CCOCC3)n2)cc1C(=O)O)C(=O)[C@H]1CC[C@H](C)CC1. The number of anilines is 2. The van der Waals surface area contributed by atoms with Crippen LogP contribution in [0.5, 0.6) is 11.6 Å². The van der Waals surface area contributed by atoms with Crippen molar-refractivity contribution in [2.45, 2.75) is 52.5 Å². The maximum absolute atomic E-state index is 13.5. The minimum absolute atomic E-state index is 0.00727. The van der Waals surface area contributed by atoms with E-state index in [1.54, 1.807) is 23.2 Å². The molecule has 1 amide bonds. The summed E-state index contributed by atoms with van der Waals surface area (Å²) in [5.41, 5.74) is 0.405. The highest BCUT2D eigenvalue weighted by molar-refractivity contribution is 6.03. The van der Waals surface area contributed by atoms with Gasteiger partial charge in [0.2, 0.25) is 11.8 Å². The number of aromatic carboxylic acids is 1. The number of ether oxygens (including phenoxy) is 2. The van der Waals surface area contributed by atoms with Crippen LogP contribution in [0.2, 0.25) is 0 Å². The smallest absolute Gasteiger partial charge is 0.337 e. The molecule has 0 radical (unpaired) electrons. The van der Waals surface area contributed by atoms with Crippen molar-refractivity contribution in [3.63, 3.8) is 0 Å². The van der Waals surface area contributed by atoms with Gasteiger partial charge in [-0.25, -0.2) is 4.79 Å². The quantitative estimate of drug-likeness (QED) is 0.620. The molecule has 0 atom stereocenters.